The first-order valence-corrected chi connectivity index (χ1v) is 6.22. The third-order valence-corrected chi connectivity index (χ3v) is 2.48. The number of rotatable bonds is 7. The highest BCUT2D eigenvalue weighted by Crippen LogP contribution is 2.05. The molecule has 0 spiro atoms. The zero-order valence-electron chi connectivity index (χ0n) is 10.7. The molecule has 0 bridgehead atoms. The van der Waals surface area contributed by atoms with Gasteiger partial charge < -0.3 is 5.73 Å². The fraction of sp³-hybridized carbons (Fsp3) is 0.833. The van der Waals surface area contributed by atoms with Crippen LogP contribution in [0.3, 0.4) is 0 Å². The second-order valence-corrected chi connectivity index (χ2v) is 5.05. The third kappa shape index (κ3) is 5.26. The molecule has 0 aliphatic carbocycles. The Bertz CT molecular complexity index is 291. The van der Waals surface area contributed by atoms with E-state index in [1.807, 2.05) is 4.68 Å². The van der Waals surface area contributed by atoms with E-state index in [9.17, 15) is 0 Å². The number of nitrogens with zero attached hydrogens (tertiary/aromatic N) is 3. The van der Waals surface area contributed by atoms with Crippen molar-refractivity contribution in [2.75, 3.05) is 0 Å². The molecule has 1 aromatic heterocycles. The molecule has 2 N–H and O–H groups in total. The summed E-state index contributed by atoms with van der Waals surface area (Å²) < 4.78 is 1.94. The number of aromatic nitrogens is 3. The molecule has 1 heterocycles. The molecule has 1 rings (SSSR count). The highest BCUT2D eigenvalue weighted by atomic mass is 15.4. The van der Waals surface area contributed by atoms with Gasteiger partial charge in [-0.2, -0.15) is 0 Å². The average molecular weight is 224 g/mol. The zero-order valence-corrected chi connectivity index (χ0v) is 10.7. The minimum Gasteiger partial charge on any atom is -0.328 e. The Hall–Kier alpha value is -0.900. The molecule has 1 unspecified atom stereocenters. The standard InChI is InChI=1S/C12H24N4/c1-10(2)8-16-9-12(14-15-16)7-5-4-6-11(3)13/h9-11H,4-8,13H2,1-3H3. The minimum atomic E-state index is 0.316. The molecule has 0 aromatic carbocycles. The predicted octanol–water partition coefficient (Wildman–Crippen LogP) is 1.99. The van der Waals surface area contributed by atoms with Gasteiger partial charge in [-0.1, -0.05) is 25.5 Å². The van der Waals surface area contributed by atoms with E-state index in [0.29, 0.717) is 12.0 Å². The van der Waals surface area contributed by atoms with Gasteiger partial charge in [0.2, 0.25) is 0 Å². The van der Waals surface area contributed by atoms with Gasteiger partial charge in [-0.25, -0.2) is 0 Å². The SMILES string of the molecule is CC(C)Cn1cc(CCCCC(C)N)nn1. The molecule has 0 aliphatic heterocycles. The van der Waals surface area contributed by atoms with E-state index >= 15 is 0 Å². The maximum atomic E-state index is 5.70. The van der Waals surface area contributed by atoms with Gasteiger partial charge in [0.25, 0.3) is 0 Å². The van der Waals surface area contributed by atoms with Crippen molar-refractivity contribution in [1.82, 2.24) is 15.0 Å². The molecule has 1 atom stereocenters. The van der Waals surface area contributed by atoms with Crippen LogP contribution in [0.4, 0.5) is 0 Å². The van der Waals surface area contributed by atoms with Crippen LogP contribution < -0.4 is 5.73 Å². The lowest BCUT2D eigenvalue weighted by atomic mass is 10.1. The summed E-state index contributed by atoms with van der Waals surface area (Å²) >= 11 is 0. The number of nitrogens with two attached hydrogens (primary N) is 1. The molecule has 92 valence electrons. The van der Waals surface area contributed by atoms with Gasteiger partial charge in [0, 0.05) is 18.8 Å². The number of unbranched alkanes of at least 4 members (excludes halogenated alkanes) is 1. The van der Waals surface area contributed by atoms with Crippen molar-refractivity contribution in [1.29, 1.82) is 0 Å². The first kappa shape index (κ1) is 13.2. The van der Waals surface area contributed by atoms with Crippen LogP contribution in [0.25, 0.3) is 0 Å². The van der Waals surface area contributed by atoms with Crippen LogP contribution in [-0.4, -0.2) is 21.0 Å². The van der Waals surface area contributed by atoms with Crippen LogP contribution in [0, 0.1) is 5.92 Å². The smallest absolute Gasteiger partial charge is 0.0827 e. The first-order valence-electron chi connectivity index (χ1n) is 6.22. The summed E-state index contributed by atoms with van der Waals surface area (Å²) in [5, 5.41) is 8.28. The van der Waals surface area contributed by atoms with Gasteiger partial charge in [-0.3, -0.25) is 4.68 Å². The largest absolute Gasteiger partial charge is 0.328 e. The van der Waals surface area contributed by atoms with Crippen molar-refractivity contribution in [3.63, 3.8) is 0 Å². The van der Waals surface area contributed by atoms with Crippen molar-refractivity contribution in [2.24, 2.45) is 11.7 Å². The summed E-state index contributed by atoms with van der Waals surface area (Å²) in [6.07, 6.45) is 6.51. The molecule has 4 nitrogen and oxygen atoms in total. The molecular weight excluding hydrogens is 200 g/mol. The van der Waals surface area contributed by atoms with E-state index in [2.05, 4.69) is 37.3 Å². The molecule has 16 heavy (non-hydrogen) atoms. The summed E-state index contributed by atoms with van der Waals surface area (Å²) in [4.78, 5) is 0. The Morgan fingerprint density at radius 3 is 2.69 bits per heavy atom. The van der Waals surface area contributed by atoms with E-state index in [1.165, 1.54) is 6.42 Å². The van der Waals surface area contributed by atoms with E-state index in [4.69, 9.17) is 5.73 Å². The van der Waals surface area contributed by atoms with Crippen molar-refractivity contribution in [3.05, 3.63) is 11.9 Å². The second-order valence-electron chi connectivity index (χ2n) is 5.05. The van der Waals surface area contributed by atoms with Crippen LogP contribution in [0.2, 0.25) is 0 Å². The number of aryl methyl sites for hydroxylation is 1. The Morgan fingerprint density at radius 1 is 1.31 bits per heavy atom. The Labute approximate surface area is 98.2 Å². The lowest BCUT2D eigenvalue weighted by Crippen LogP contribution is -2.14. The molecule has 0 saturated carbocycles. The topological polar surface area (TPSA) is 56.7 Å². The van der Waals surface area contributed by atoms with E-state index in [1.54, 1.807) is 0 Å². The Balaban J connectivity index is 2.24. The maximum Gasteiger partial charge on any atom is 0.0827 e. The minimum absolute atomic E-state index is 0.316. The first-order chi connectivity index (χ1) is 7.58. The third-order valence-electron chi connectivity index (χ3n) is 2.48. The molecule has 0 radical (unpaired) electrons. The van der Waals surface area contributed by atoms with Crippen LogP contribution in [0.5, 0.6) is 0 Å². The maximum absolute atomic E-state index is 5.70. The van der Waals surface area contributed by atoms with Gasteiger partial charge in [-0.15, -0.1) is 5.10 Å². The van der Waals surface area contributed by atoms with Crippen LogP contribution in [-0.2, 0) is 13.0 Å². The summed E-state index contributed by atoms with van der Waals surface area (Å²) in [7, 11) is 0. The number of hydrogen-bond acceptors (Lipinski definition) is 3. The van der Waals surface area contributed by atoms with Crippen molar-refractivity contribution >= 4 is 0 Å². The highest BCUT2D eigenvalue weighted by Gasteiger charge is 2.02. The molecule has 0 fully saturated rings. The summed E-state index contributed by atoms with van der Waals surface area (Å²) in [5.74, 6) is 0.618. The van der Waals surface area contributed by atoms with Crippen molar-refractivity contribution in [2.45, 2.75) is 59.0 Å². The van der Waals surface area contributed by atoms with E-state index < -0.39 is 0 Å². The van der Waals surface area contributed by atoms with Crippen LogP contribution in [0.1, 0.15) is 45.7 Å². The fourth-order valence-corrected chi connectivity index (χ4v) is 1.69. The Kier molecular flexibility index (Phi) is 5.46. The summed E-state index contributed by atoms with van der Waals surface area (Å²) in [5.41, 5.74) is 6.80. The van der Waals surface area contributed by atoms with E-state index in [0.717, 1.165) is 31.5 Å². The van der Waals surface area contributed by atoms with Gasteiger partial charge in [0.05, 0.1) is 5.69 Å². The van der Waals surface area contributed by atoms with E-state index in [-0.39, 0.29) is 0 Å². The monoisotopic (exact) mass is 224 g/mol. The molecule has 0 aliphatic rings. The molecule has 4 heteroatoms. The van der Waals surface area contributed by atoms with Gasteiger partial charge >= 0.3 is 0 Å². The van der Waals surface area contributed by atoms with Crippen LogP contribution in [0.15, 0.2) is 6.20 Å². The highest BCUT2D eigenvalue weighted by molar-refractivity contribution is 4.92. The summed E-state index contributed by atoms with van der Waals surface area (Å²) in [6.45, 7) is 7.37. The van der Waals surface area contributed by atoms with Crippen LogP contribution >= 0.6 is 0 Å². The quantitative estimate of drug-likeness (QED) is 0.721. The lowest BCUT2D eigenvalue weighted by molar-refractivity contribution is 0.472. The zero-order chi connectivity index (χ0) is 12.0. The van der Waals surface area contributed by atoms with Gasteiger partial charge in [-0.05, 0) is 32.1 Å². The van der Waals surface area contributed by atoms with Crippen molar-refractivity contribution < 1.29 is 0 Å². The normalized spacial score (nSPS) is 13.3. The van der Waals surface area contributed by atoms with Gasteiger partial charge in [0.15, 0.2) is 0 Å². The predicted molar refractivity (Wildman–Crippen MR) is 66.1 cm³/mol. The van der Waals surface area contributed by atoms with Crippen molar-refractivity contribution in [3.8, 4) is 0 Å². The molecule has 1 aromatic rings. The number of hydrogen-bond donors (Lipinski definition) is 1. The van der Waals surface area contributed by atoms with Gasteiger partial charge in [0.1, 0.15) is 0 Å². The molecular formula is C12H24N4. The lowest BCUT2D eigenvalue weighted by Gasteiger charge is -2.03. The second kappa shape index (κ2) is 6.63. The summed E-state index contributed by atoms with van der Waals surface area (Å²) in [6, 6.07) is 0.316. The molecule has 0 saturated heterocycles. The fourth-order valence-electron chi connectivity index (χ4n) is 1.69. The molecule has 0 amide bonds. The Morgan fingerprint density at radius 2 is 2.06 bits per heavy atom. The average Bonchev–Trinajstić information content (AvgIpc) is 2.59.